The van der Waals surface area contributed by atoms with E-state index in [-0.39, 0.29) is 35.9 Å². The number of halogens is 2. The van der Waals surface area contributed by atoms with Crippen molar-refractivity contribution in [1.29, 1.82) is 0 Å². The first kappa shape index (κ1) is 25.7. The number of rotatable bonds is 7. The van der Waals surface area contributed by atoms with E-state index in [4.69, 9.17) is 9.73 Å². The number of aliphatic imine (C=N–C) groups is 1. The summed E-state index contributed by atoms with van der Waals surface area (Å²) in [6.07, 6.45) is 6.31. The van der Waals surface area contributed by atoms with E-state index in [0.717, 1.165) is 82.6 Å². The number of hydrogen-bond donors (Lipinski definition) is 1. The maximum atomic E-state index is 13.3. The Labute approximate surface area is 212 Å². The highest BCUT2D eigenvalue weighted by Crippen LogP contribution is 2.17. The molecule has 33 heavy (non-hydrogen) atoms. The summed E-state index contributed by atoms with van der Waals surface area (Å²) in [6, 6.07) is 6.75. The molecule has 1 unspecified atom stereocenters. The van der Waals surface area contributed by atoms with Crippen molar-refractivity contribution in [3.8, 4) is 0 Å². The Bertz CT molecular complexity index is 862. The van der Waals surface area contributed by atoms with E-state index >= 15 is 0 Å². The highest BCUT2D eigenvalue weighted by molar-refractivity contribution is 14.0. The third-order valence-electron chi connectivity index (χ3n) is 6.14. The van der Waals surface area contributed by atoms with Gasteiger partial charge in [-0.15, -0.1) is 34.2 Å². The molecule has 0 amide bonds. The molecule has 10 heteroatoms. The van der Waals surface area contributed by atoms with Crippen molar-refractivity contribution in [3.05, 3.63) is 42.2 Å². The van der Waals surface area contributed by atoms with E-state index in [2.05, 4.69) is 36.8 Å². The Hall–Kier alpha value is -1.95. The molecule has 3 heterocycles. The molecule has 2 aromatic rings. The highest BCUT2D eigenvalue weighted by Gasteiger charge is 2.21. The van der Waals surface area contributed by atoms with Gasteiger partial charge in [0.05, 0.1) is 12.6 Å². The van der Waals surface area contributed by atoms with E-state index in [1.165, 1.54) is 18.6 Å². The summed E-state index contributed by atoms with van der Waals surface area (Å²) in [5.41, 5.74) is 1.06. The molecule has 182 valence electrons. The minimum Gasteiger partial charge on any atom is -0.376 e. The van der Waals surface area contributed by atoms with E-state index < -0.39 is 0 Å². The second kappa shape index (κ2) is 13.1. The maximum absolute atomic E-state index is 13.3. The Morgan fingerprint density at radius 1 is 1.18 bits per heavy atom. The Balaban J connectivity index is 0.00000306. The summed E-state index contributed by atoms with van der Waals surface area (Å²) in [4.78, 5) is 9.55. The number of ether oxygens (including phenoxy) is 1. The molecule has 1 N–H and O–H groups in total. The number of aryl methyl sites for hydroxylation is 1. The van der Waals surface area contributed by atoms with Gasteiger partial charge in [0, 0.05) is 58.0 Å². The van der Waals surface area contributed by atoms with Crippen LogP contribution in [0.4, 0.5) is 10.1 Å². The van der Waals surface area contributed by atoms with Crippen LogP contribution in [0, 0.1) is 5.82 Å². The molecular weight excluding hydrogens is 536 g/mol. The van der Waals surface area contributed by atoms with Crippen LogP contribution >= 0.6 is 24.0 Å². The number of benzene rings is 1. The third-order valence-corrected chi connectivity index (χ3v) is 6.14. The summed E-state index contributed by atoms with van der Waals surface area (Å²) >= 11 is 0. The lowest BCUT2D eigenvalue weighted by molar-refractivity contribution is 0.0223. The van der Waals surface area contributed by atoms with Crippen LogP contribution in [0.2, 0.25) is 0 Å². The lowest BCUT2D eigenvalue weighted by atomic mass is 10.1. The van der Waals surface area contributed by atoms with Crippen LogP contribution in [0.1, 0.15) is 32.0 Å². The predicted molar refractivity (Wildman–Crippen MR) is 139 cm³/mol. The Kier molecular flexibility index (Phi) is 10.2. The standard InChI is InChI=1S/C23H34FN7O.HI/c1-2-22-28-27-18-31(22)11-10-25-23(26-17-21-5-3-4-16-32-21)30-14-12-29(13-15-30)20-8-6-19(24)7-9-20;/h6-9,18,21H,2-5,10-17H2,1H3,(H,25,26);1H. The number of guanidine groups is 1. The van der Waals surface area contributed by atoms with Crippen molar-refractivity contribution in [3.63, 3.8) is 0 Å². The first-order valence-corrected chi connectivity index (χ1v) is 11.7. The quantitative estimate of drug-likeness (QED) is 0.313. The molecular formula is C23H35FIN7O. The third kappa shape index (κ3) is 7.26. The SMILES string of the molecule is CCc1nncn1CCNC(=NCC1CCCCO1)N1CCN(c2ccc(F)cc2)CC1.I. The van der Waals surface area contributed by atoms with Crippen molar-refractivity contribution in [2.75, 3.05) is 50.8 Å². The average molecular weight is 571 g/mol. The van der Waals surface area contributed by atoms with E-state index in [9.17, 15) is 4.39 Å². The van der Waals surface area contributed by atoms with Gasteiger partial charge in [0.2, 0.25) is 0 Å². The van der Waals surface area contributed by atoms with Gasteiger partial charge in [0.1, 0.15) is 18.0 Å². The molecule has 8 nitrogen and oxygen atoms in total. The molecule has 2 fully saturated rings. The minimum atomic E-state index is -0.199. The van der Waals surface area contributed by atoms with E-state index in [1.807, 2.05) is 12.1 Å². The zero-order chi connectivity index (χ0) is 22.2. The van der Waals surface area contributed by atoms with E-state index in [1.54, 1.807) is 6.33 Å². The van der Waals surface area contributed by atoms with Crippen molar-refractivity contribution >= 4 is 35.6 Å². The van der Waals surface area contributed by atoms with Gasteiger partial charge in [-0.05, 0) is 43.5 Å². The molecule has 1 aromatic heterocycles. The van der Waals surface area contributed by atoms with E-state index in [0.29, 0.717) is 6.54 Å². The largest absolute Gasteiger partial charge is 0.376 e. The summed E-state index contributed by atoms with van der Waals surface area (Å²) in [5.74, 6) is 1.73. The molecule has 2 saturated heterocycles. The average Bonchev–Trinajstić information content (AvgIpc) is 3.30. The van der Waals surface area contributed by atoms with Crippen molar-refractivity contribution in [1.82, 2.24) is 25.0 Å². The lowest BCUT2D eigenvalue weighted by Crippen LogP contribution is -2.53. The molecule has 4 rings (SSSR count). The van der Waals surface area contributed by atoms with Crippen LogP contribution in [0.3, 0.4) is 0 Å². The number of hydrogen-bond acceptors (Lipinski definition) is 5. The first-order chi connectivity index (χ1) is 15.7. The summed E-state index contributed by atoms with van der Waals surface area (Å²) < 4.78 is 21.2. The molecule has 2 aliphatic rings. The molecule has 2 aliphatic heterocycles. The maximum Gasteiger partial charge on any atom is 0.194 e. The van der Waals surface area contributed by atoms with Gasteiger partial charge in [-0.25, -0.2) is 4.39 Å². The highest BCUT2D eigenvalue weighted by atomic mass is 127. The monoisotopic (exact) mass is 571 g/mol. The normalized spacial score (nSPS) is 19.3. The number of aromatic nitrogens is 3. The fraction of sp³-hybridized carbons (Fsp3) is 0.609. The van der Waals surface area contributed by atoms with Crippen LogP contribution in [-0.4, -0.2) is 77.6 Å². The smallest absolute Gasteiger partial charge is 0.194 e. The summed E-state index contributed by atoms with van der Waals surface area (Å²) in [6.45, 7) is 8.64. The second-order valence-electron chi connectivity index (χ2n) is 8.32. The van der Waals surface area contributed by atoms with Gasteiger partial charge in [-0.2, -0.15) is 0 Å². The predicted octanol–water partition coefficient (Wildman–Crippen LogP) is 2.93. The Morgan fingerprint density at radius 2 is 1.97 bits per heavy atom. The lowest BCUT2D eigenvalue weighted by Gasteiger charge is -2.38. The molecule has 0 aliphatic carbocycles. The number of piperazine rings is 1. The summed E-state index contributed by atoms with van der Waals surface area (Å²) in [7, 11) is 0. The van der Waals surface area contributed by atoms with Gasteiger partial charge in [-0.3, -0.25) is 4.99 Å². The van der Waals surface area contributed by atoms with Crippen LogP contribution in [0.25, 0.3) is 0 Å². The van der Waals surface area contributed by atoms with Crippen molar-refractivity contribution in [2.45, 2.75) is 45.3 Å². The zero-order valence-electron chi connectivity index (χ0n) is 19.3. The van der Waals surface area contributed by atoms with Gasteiger partial charge in [0.25, 0.3) is 0 Å². The second-order valence-corrected chi connectivity index (χ2v) is 8.32. The molecule has 0 bridgehead atoms. The summed E-state index contributed by atoms with van der Waals surface area (Å²) in [5, 5.41) is 11.7. The first-order valence-electron chi connectivity index (χ1n) is 11.7. The molecule has 1 aromatic carbocycles. The Morgan fingerprint density at radius 3 is 2.67 bits per heavy atom. The van der Waals surface area contributed by atoms with Crippen LogP contribution < -0.4 is 10.2 Å². The van der Waals surface area contributed by atoms with Crippen LogP contribution in [0.5, 0.6) is 0 Å². The topological polar surface area (TPSA) is 70.8 Å². The van der Waals surface area contributed by atoms with Gasteiger partial charge < -0.3 is 24.4 Å². The molecule has 0 radical (unpaired) electrons. The van der Waals surface area contributed by atoms with Gasteiger partial charge in [0.15, 0.2) is 5.96 Å². The van der Waals surface area contributed by atoms with Crippen molar-refractivity contribution < 1.29 is 9.13 Å². The number of anilines is 1. The van der Waals surface area contributed by atoms with Gasteiger partial charge in [-0.1, -0.05) is 6.92 Å². The number of nitrogens with one attached hydrogen (secondary N) is 1. The number of nitrogens with zero attached hydrogens (tertiary/aromatic N) is 6. The molecule has 1 atom stereocenters. The van der Waals surface area contributed by atoms with Crippen LogP contribution in [-0.2, 0) is 17.7 Å². The molecule has 0 saturated carbocycles. The van der Waals surface area contributed by atoms with Crippen molar-refractivity contribution in [2.24, 2.45) is 4.99 Å². The zero-order valence-corrected chi connectivity index (χ0v) is 21.7. The molecule has 0 spiro atoms. The van der Waals surface area contributed by atoms with Crippen LogP contribution in [0.15, 0.2) is 35.6 Å². The van der Waals surface area contributed by atoms with Gasteiger partial charge >= 0.3 is 0 Å². The minimum absolute atomic E-state index is 0. The fourth-order valence-electron chi connectivity index (χ4n) is 4.26. The fourth-order valence-corrected chi connectivity index (χ4v) is 4.26.